The van der Waals surface area contributed by atoms with Crippen LogP contribution in [0, 0.1) is 13.8 Å². The number of hydrogen-bond acceptors (Lipinski definition) is 7. The number of sulfone groups is 1. The first-order chi connectivity index (χ1) is 11.2. The van der Waals surface area contributed by atoms with Crippen molar-refractivity contribution in [1.82, 2.24) is 4.98 Å². The number of nitrogens with zero attached hydrogens (tertiary/aromatic N) is 1. The molecule has 24 heavy (non-hydrogen) atoms. The molecule has 7 nitrogen and oxygen atoms in total. The van der Waals surface area contributed by atoms with Crippen molar-refractivity contribution in [1.29, 1.82) is 0 Å². The van der Waals surface area contributed by atoms with Gasteiger partial charge < -0.3 is 10.1 Å². The molecule has 1 aromatic heterocycles. The van der Waals surface area contributed by atoms with E-state index in [0.29, 0.717) is 16.3 Å². The van der Waals surface area contributed by atoms with Crippen LogP contribution in [0.3, 0.4) is 0 Å². The van der Waals surface area contributed by atoms with Crippen molar-refractivity contribution in [2.45, 2.75) is 18.7 Å². The Morgan fingerprint density at radius 2 is 1.83 bits per heavy atom. The molecule has 0 aliphatic heterocycles. The molecule has 0 aliphatic rings. The van der Waals surface area contributed by atoms with Crippen molar-refractivity contribution >= 4 is 38.7 Å². The average molecular weight is 368 g/mol. The summed E-state index contributed by atoms with van der Waals surface area (Å²) in [5, 5.41) is 3.27. The van der Waals surface area contributed by atoms with Crippen molar-refractivity contribution in [3.8, 4) is 0 Å². The molecule has 0 spiro atoms. The van der Waals surface area contributed by atoms with Crippen LogP contribution in [0.4, 0.5) is 5.69 Å². The summed E-state index contributed by atoms with van der Waals surface area (Å²) in [4.78, 5) is 28.3. The van der Waals surface area contributed by atoms with E-state index < -0.39 is 28.3 Å². The number of hydrogen-bond donors (Lipinski definition) is 1. The molecule has 0 fully saturated rings. The zero-order valence-electron chi connectivity index (χ0n) is 13.3. The summed E-state index contributed by atoms with van der Waals surface area (Å²) in [6.07, 6.45) is 1.10. The summed E-state index contributed by atoms with van der Waals surface area (Å²) in [6, 6.07) is 5.71. The van der Waals surface area contributed by atoms with Gasteiger partial charge in [-0.25, -0.2) is 18.2 Å². The van der Waals surface area contributed by atoms with Gasteiger partial charge in [-0.05, 0) is 38.1 Å². The average Bonchev–Trinajstić information content (AvgIpc) is 2.83. The number of ether oxygens (including phenoxy) is 1. The molecule has 2 aromatic rings. The molecule has 0 unspecified atom stereocenters. The largest absolute Gasteiger partial charge is 0.451 e. The number of aryl methyl sites for hydroxylation is 2. The molecule has 9 heteroatoms. The molecule has 1 heterocycles. The van der Waals surface area contributed by atoms with E-state index >= 15 is 0 Å². The fourth-order valence-electron chi connectivity index (χ4n) is 1.90. The highest BCUT2D eigenvalue weighted by Gasteiger charge is 2.16. The summed E-state index contributed by atoms with van der Waals surface area (Å²) in [5.74, 6) is -1.12. The number of amides is 1. The number of nitrogens with one attached hydrogen (secondary N) is 1. The van der Waals surface area contributed by atoms with Gasteiger partial charge >= 0.3 is 5.97 Å². The highest BCUT2D eigenvalue weighted by atomic mass is 32.2. The van der Waals surface area contributed by atoms with Crippen LogP contribution in [0.1, 0.15) is 20.4 Å². The second kappa shape index (κ2) is 7.10. The molecule has 128 valence electrons. The smallest absolute Gasteiger partial charge is 0.350 e. The van der Waals surface area contributed by atoms with Crippen LogP contribution in [0.5, 0.6) is 0 Å². The molecule has 0 saturated heterocycles. The first kappa shape index (κ1) is 18.1. The van der Waals surface area contributed by atoms with Gasteiger partial charge in [-0.1, -0.05) is 0 Å². The van der Waals surface area contributed by atoms with Crippen LogP contribution in [-0.4, -0.2) is 38.1 Å². The van der Waals surface area contributed by atoms with Crippen LogP contribution in [0.2, 0.25) is 0 Å². The lowest BCUT2D eigenvalue weighted by molar-refractivity contribution is -0.119. The van der Waals surface area contributed by atoms with Gasteiger partial charge in [0.15, 0.2) is 16.4 Å². The third kappa shape index (κ3) is 4.62. The molecule has 1 aromatic carbocycles. The van der Waals surface area contributed by atoms with Crippen molar-refractivity contribution in [3.63, 3.8) is 0 Å². The summed E-state index contributed by atoms with van der Waals surface area (Å²) >= 11 is 1.21. The highest BCUT2D eigenvalue weighted by Crippen LogP contribution is 2.18. The Hall–Kier alpha value is -2.26. The maximum Gasteiger partial charge on any atom is 0.350 e. The number of benzene rings is 1. The Kier molecular flexibility index (Phi) is 5.35. The van der Waals surface area contributed by atoms with E-state index in [2.05, 4.69) is 10.3 Å². The molecule has 1 amide bonds. The Bertz CT molecular complexity index is 870. The Morgan fingerprint density at radius 3 is 2.33 bits per heavy atom. The van der Waals surface area contributed by atoms with Gasteiger partial charge in [0, 0.05) is 11.9 Å². The SMILES string of the molecule is Cc1nc(C)c(C(=O)OCC(=O)Nc2ccc(S(C)(=O)=O)cc2)s1. The Labute approximate surface area is 143 Å². The maximum atomic E-state index is 11.9. The monoisotopic (exact) mass is 368 g/mol. The fraction of sp³-hybridized carbons (Fsp3) is 0.267. The molecule has 2 rings (SSSR count). The minimum atomic E-state index is -3.29. The van der Waals surface area contributed by atoms with Crippen LogP contribution in [0.15, 0.2) is 29.2 Å². The van der Waals surface area contributed by atoms with Crippen molar-refractivity contribution < 1.29 is 22.7 Å². The molecule has 0 bridgehead atoms. The lowest BCUT2D eigenvalue weighted by atomic mass is 10.3. The quantitative estimate of drug-likeness (QED) is 0.810. The normalized spacial score (nSPS) is 11.1. The van der Waals surface area contributed by atoms with Gasteiger partial charge in [-0.15, -0.1) is 11.3 Å². The number of rotatable bonds is 5. The number of thiazole rings is 1. The first-order valence-corrected chi connectivity index (χ1v) is 9.59. The van der Waals surface area contributed by atoms with Gasteiger partial charge in [0.25, 0.3) is 5.91 Å². The van der Waals surface area contributed by atoms with E-state index in [0.717, 1.165) is 11.3 Å². The van der Waals surface area contributed by atoms with Gasteiger partial charge in [0.1, 0.15) is 4.88 Å². The van der Waals surface area contributed by atoms with Crippen molar-refractivity contribution in [2.24, 2.45) is 0 Å². The molecular formula is C15H16N2O5S2. The van der Waals surface area contributed by atoms with Gasteiger partial charge in [0.05, 0.1) is 15.6 Å². The Morgan fingerprint density at radius 1 is 1.21 bits per heavy atom. The molecule has 0 atom stereocenters. The third-order valence-corrected chi connectivity index (χ3v) is 5.17. The second-order valence-corrected chi connectivity index (χ2v) is 8.29. The third-order valence-electron chi connectivity index (χ3n) is 2.99. The summed E-state index contributed by atoms with van der Waals surface area (Å²) in [5.41, 5.74) is 0.979. The van der Waals surface area contributed by atoms with Gasteiger partial charge in [-0.2, -0.15) is 0 Å². The van der Waals surface area contributed by atoms with E-state index in [4.69, 9.17) is 4.74 Å². The minimum absolute atomic E-state index is 0.156. The molecule has 1 N–H and O–H groups in total. The maximum absolute atomic E-state index is 11.9. The van der Waals surface area contributed by atoms with E-state index in [1.165, 1.54) is 35.6 Å². The highest BCUT2D eigenvalue weighted by molar-refractivity contribution is 7.90. The lowest BCUT2D eigenvalue weighted by Gasteiger charge is -2.07. The van der Waals surface area contributed by atoms with Crippen molar-refractivity contribution in [3.05, 3.63) is 39.8 Å². The van der Waals surface area contributed by atoms with Crippen LogP contribution < -0.4 is 5.32 Å². The molecule has 0 saturated carbocycles. The number of carbonyl (C=O) groups is 2. The summed E-state index contributed by atoms with van der Waals surface area (Å²) in [6.45, 7) is 3.04. The number of esters is 1. The predicted molar refractivity (Wildman–Crippen MR) is 90.1 cm³/mol. The number of anilines is 1. The minimum Gasteiger partial charge on any atom is -0.451 e. The van der Waals surface area contributed by atoms with E-state index in [-0.39, 0.29) is 4.90 Å². The van der Waals surface area contributed by atoms with Gasteiger partial charge in [-0.3, -0.25) is 4.79 Å². The first-order valence-electron chi connectivity index (χ1n) is 6.88. The fourth-order valence-corrected chi connectivity index (χ4v) is 3.34. The molecule has 0 radical (unpaired) electrons. The zero-order chi connectivity index (χ0) is 17.9. The molecular weight excluding hydrogens is 352 g/mol. The van der Waals surface area contributed by atoms with E-state index in [1.807, 2.05) is 0 Å². The van der Waals surface area contributed by atoms with Crippen LogP contribution in [0.25, 0.3) is 0 Å². The number of carbonyl (C=O) groups excluding carboxylic acids is 2. The standard InChI is InChI=1S/C15H16N2O5S2/c1-9-14(23-10(2)16-9)15(19)22-8-13(18)17-11-4-6-12(7-5-11)24(3,20)21/h4-7H,8H2,1-3H3,(H,17,18). The lowest BCUT2D eigenvalue weighted by Crippen LogP contribution is -2.20. The summed E-state index contributed by atoms with van der Waals surface area (Å²) < 4.78 is 27.7. The summed E-state index contributed by atoms with van der Waals surface area (Å²) in [7, 11) is -3.29. The van der Waals surface area contributed by atoms with Crippen LogP contribution >= 0.6 is 11.3 Å². The predicted octanol–water partition coefficient (Wildman–Crippen LogP) is 1.96. The Balaban J connectivity index is 1.91. The number of aromatic nitrogens is 1. The van der Waals surface area contributed by atoms with E-state index in [1.54, 1.807) is 13.8 Å². The van der Waals surface area contributed by atoms with Crippen LogP contribution in [-0.2, 0) is 19.4 Å². The molecule has 0 aliphatic carbocycles. The van der Waals surface area contributed by atoms with Gasteiger partial charge in [0.2, 0.25) is 0 Å². The topological polar surface area (TPSA) is 102 Å². The second-order valence-electron chi connectivity index (χ2n) is 5.07. The van der Waals surface area contributed by atoms with E-state index in [9.17, 15) is 18.0 Å². The van der Waals surface area contributed by atoms with Crippen molar-refractivity contribution in [2.75, 3.05) is 18.2 Å². The zero-order valence-corrected chi connectivity index (χ0v) is 15.0.